The molecule has 0 amide bonds. The Bertz CT molecular complexity index is 364. The number of thioether (sulfide) groups is 1. The summed E-state index contributed by atoms with van der Waals surface area (Å²) in [5, 5.41) is 4.80. The molecule has 0 saturated carbocycles. The zero-order chi connectivity index (χ0) is 11.3. The molecule has 1 N–H and O–H groups in total. The molecule has 0 unspecified atom stereocenters. The first kappa shape index (κ1) is 12.4. The standard InChI is InChI=1S/C11H15ClN2S/c1-8-6-9(4-5-10(8)12)7-15-11(13-2)14-3/h4-6H,7H2,1-3H3,(H,13,14). The van der Waals surface area contributed by atoms with E-state index in [-0.39, 0.29) is 0 Å². The molecule has 1 aromatic rings. The first-order chi connectivity index (χ1) is 7.17. The molecule has 4 heteroatoms. The number of hydrogen-bond donors (Lipinski definition) is 1. The first-order valence-electron chi connectivity index (χ1n) is 4.69. The fraction of sp³-hybridized carbons (Fsp3) is 0.364. The summed E-state index contributed by atoms with van der Waals surface area (Å²) in [6, 6.07) is 6.10. The van der Waals surface area contributed by atoms with Crippen LogP contribution in [-0.4, -0.2) is 19.3 Å². The van der Waals surface area contributed by atoms with Gasteiger partial charge in [-0.05, 0) is 24.1 Å². The highest BCUT2D eigenvalue weighted by Gasteiger charge is 2.00. The third-order valence-corrected chi connectivity index (χ3v) is 3.58. The van der Waals surface area contributed by atoms with E-state index in [1.807, 2.05) is 26.1 Å². The van der Waals surface area contributed by atoms with Crippen molar-refractivity contribution in [2.75, 3.05) is 14.1 Å². The van der Waals surface area contributed by atoms with Crippen molar-refractivity contribution >= 4 is 28.5 Å². The van der Waals surface area contributed by atoms with E-state index in [0.717, 1.165) is 21.5 Å². The molecule has 15 heavy (non-hydrogen) atoms. The fourth-order valence-corrected chi connectivity index (χ4v) is 2.07. The van der Waals surface area contributed by atoms with Crippen molar-refractivity contribution < 1.29 is 0 Å². The Morgan fingerprint density at radius 2 is 2.27 bits per heavy atom. The van der Waals surface area contributed by atoms with Gasteiger partial charge in [-0.25, -0.2) is 0 Å². The molecule has 0 fully saturated rings. The topological polar surface area (TPSA) is 24.4 Å². The van der Waals surface area contributed by atoms with E-state index in [4.69, 9.17) is 11.6 Å². The highest BCUT2D eigenvalue weighted by atomic mass is 35.5. The van der Waals surface area contributed by atoms with Gasteiger partial charge in [-0.3, -0.25) is 4.99 Å². The van der Waals surface area contributed by atoms with Gasteiger partial charge >= 0.3 is 0 Å². The summed E-state index contributed by atoms with van der Waals surface area (Å²) in [6.07, 6.45) is 0. The molecule has 0 atom stereocenters. The highest BCUT2D eigenvalue weighted by molar-refractivity contribution is 8.13. The summed E-state index contributed by atoms with van der Waals surface area (Å²) in [7, 11) is 3.66. The predicted octanol–water partition coefficient (Wildman–Crippen LogP) is 3.09. The van der Waals surface area contributed by atoms with Crippen molar-refractivity contribution in [1.29, 1.82) is 0 Å². The Kier molecular flexibility index (Phi) is 4.99. The number of nitrogens with one attached hydrogen (secondary N) is 1. The molecular formula is C11H15ClN2S. The number of hydrogen-bond acceptors (Lipinski definition) is 2. The van der Waals surface area contributed by atoms with Crippen molar-refractivity contribution in [2.45, 2.75) is 12.7 Å². The van der Waals surface area contributed by atoms with Crippen LogP contribution in [0.5, 0.6) is 0 Å². The molecule has 0 spiro atoms. The first-order valence-corrected chi connectivity index (χ1v) is 6.06. The van der Waals surface area contributed by atoms with Crippen molar-refractivity contribution in [3.8, 4) is 0 Å². The number of aryl methyl sites for hydroxylation is 1. The smallest absolute Gasteiger partial charge is 0.156 e. The van der Waals surface area contributed by atoms with Gasteiger partial charge in [0.05, 0.1) is 0 Å². The lowest BCUT2D eigenvalue weighted by Crippen LogP contribution is -2.13. The van der Waals surface area contributed by atoms with E-state index in [1.54, 1.807) is 18.8 Å². The summed E-state index contributed by atoms with van der Waals surface area (Å²) in [5.41, 5.74) is 2.38. The molecule has 0 aliphatic carbocycles. The summed E-state index contributed by atoms with van der Waals surface area (Å²) < 4.78 is 0. The predicted molar refractivity (Wildman–Crippen MR) is 69.9 cm³/mol. The van der Waals surface area contributed by atoms with Crippen molar-refractivity contribution in [3.05, 3.63) is 34.3 Å². The lowest BCUT2D eigenvalue weighted by atomic mass is 10.2. The van der Waals surface area contributed by atoms with Crippen LogP contribution in [0.15, 0.2) is 23.2 Å². The average Bonchev–Trinajstić information content (AvgIpc) is 2.24. The van der Waals surface area contributed by atoms with Gasteiger partial charge in [0, 0.05) is 24.9 Å². The van der Waals surface area contributed by atoms with Gasteiger partial charge < -0.3 is 5.32 Å². The summed E-state index contributed by atoms with van der Waals surface area (Å²) in [6.45, 7) is 2.02. The van der Waals surface area contributed by atoms with Crippen LogP contribution >= 0.6 is 23.4 Å². The van der Waals surface area contributed by atoms with E-state index in [1.165, 1.54) is 5.56 Å². The minimum absolute atomic E-state index is 0.821. The molecule has 82 valence electrons. The van der Waals surface area contributed by atoms with E-state index >= 15 is 0 Å². The SMILES string of the molecule is CN=C(NC)SCc1ccc(Cl)c(C)c1. The van der Waals surface area contributed by atoms with Crippen LogP contribution in [0.4, 0.5) is 0 Å². The Hall–Kier alpha value is -0.670. The number of benzene rings is 1. The van der Waals surface area contributed by atoms with Gasteiger partial charge in [-0.15, -0.1) is 0 Å². The van der Waals surface area contributed by atoms with Crippen molar-refractivity contribution in [3.63, 3.8) is 0 Å². The van der Waals surface area contributed by atoms with Gasteiger partial charge in [-0.2, -0.15) is 0 Å². The fourth-order valence-electron chi connectivity index (χ4n) is 1.20. The van der Waals surface area contributed by atoms with Crippen LogP contribution in [0.2, 0.25) is 5.02 Å². The zero-order valence-electron chi connectivity index (χ0n) is 9.17. The van der Waals surface area contributed by atoms with Crippen LogP contribution in [0.1, 0.15) is 11.1 Å². The molecule has 0 saturated heterocycles. The van der Waals surface area contributed by atoms with Crippen LogP contribution in [-0.2, 0) is 5.75 Å². The van der Waals surface area contributed by atoms with Crippen LogP contribution in [0, 0.1) is 6.92 Å². The second-order valence-electron chi connectivity index (χ2n) is 3.15. The Balaban J connectivity index is 2.62. The van der Waals surface area contributed by atoms with Gasteiger partial charge in [0.25, 0.3) is 0 Å². The maximum absolute atomic E-state index is 5.96. The quantitative estimate of drug-likeness (QED) is 0.637. The summed E-state index contributed by atoms with van der Waals surface area (Å²) in [4.78, 5) is 4.10. The molecule has 1 rings (SSSR count). The summed E-state index contributed by atoms with van der Waals surface area (Å²) in [5.74, 6) is 0.908. The van der Waals surface area contributed by atoms with Crippen molar-refractivity contribution in [1.82, 2.24) is 5.32 Å². The van der Waals surface area contributed by atoms with Crippen LogP contribution in [0.3, 0.4) is 0 Å². The van der Waals surface area contributed by atoms with E-state index in [9.17, 15) is 0 Å². The largest absolute Gasteiger partial charge is 0.368 e. The molecule has 2 nitrogen and oxygen atoms in total. The lowest BCUT2D eigenvalue weighted by Gasteiger charge is -2.05. The van der Waals surface area contributed by atoms with Gasteiger partial charge in [-0.1, -0.05) is 35.5 Å². The van der Waals surface area contributed by atoms with Crippen LogP contribution in [0.25, 0.3) is 0 Å². The van der Waals surface area contributed by atoms with Gasteiger partial charge in [0.15, 0.2) is 5.17 Å². The van der Waals surface area contributed by atoms with Gasteiger partial charge in [0.1, 0.15) is 0 Å². The minimum atomic E-state index is 0.821. The number of nitrogens with zero attached hydrogens (tertiary/aromatic N) is 1. The second kappa shape index (κ2) is 6.03. The monoisotopic (exact) mass is 242 g/mol. The second-order valence-corrected chi connectivity index (χ2v) is 4.52. The van der Waals surface area contributed by atoms with Crippen LogP contribution < -0.4 is 5.32 Å². The molecule has 0 bridgehead atoms. The lowest BCUT2D eigenvalue weighted by molar-refractivity contribution is 1.18. The summed E-state index contributed by atoms with van der Waals surface area (Å²) >= 11 is 7.64. The number of rotatable bonds is 2. The van der Waals surface area contributed by atoms with Crippen molar-refractivity contribution in [2.24, 2.45) is 4.99 Å². The third kappa shape index (κ3) is 3.76. The Morgan fingerprint density at radius 1 is 1.53 bits per heavy atom. The zero-order valence-corrected chi connectivity index (χ0v) is 10.7. The molecule has 1 aromatic carbocycles. The molecule has 0 aromatic heterocycles. The number of amidine groups is 1. The molecule has 0 aliphatic rings. The average molecular weight is 243 g/mol. The Morgan fingerprint density at radius 3 is 2.80 bits per heavy atom. The Labute approximate surface area is 100 Å². The maximum Gasteiger partial charge on any atom is 0.156 e. The van der Waals surface area contributed by atoms with E-state index < -0.39 is 0 Å². The minimum Gasteiger partial charge on any atom is -0.368 e. The number of halogens is 1. The highest BCUT2D eigenvalue weighted by Crippen LogP contribution is 2.19. The molecule has 0 aliphatic heterocycles. The van der Waals surface area contributed by atoms with Gasteiger partial charge in [0.2, 0.25) is 0 Å². The maximum atomic E-state index is 5.96. The van der Waals surface area contributed by atoms with E-state index in [0.29, 0.717) is 0 Å². The molecule has 0 radical (unpaired) electrons. The van der Waals surface area contributed by atoms with E-state index in [2.05, 4.69) is 16.4 Å². The molecular weight excluding hydrogens is 228 g/mol. The number of aliphatic imine (C=N–C) groups is 1. The third-order valence-electron chi connectivity index (χ3n) is 2.01. The normalized spacial score (nSPS) is 11.6. The molecule has 0 heterocycles.